The number of ether oxygens (including phenoxy) is 2. The molecule has 0 saturated heterocycles. The maximum absolute atomic E-state index is 13.7. The number of fused-ring (bicyclic) bond motifs is 2. The van der Waals surface area contributed by atoms with Crippen LogP contribution in [0.3, 0.4) is 0 Å². The van der Waals surface area contributed by atoms with Gasteiger partial charge in [0.15, 0.2) is 0 Å². The summed E-state index contributed by atoms with van der Waals surface area (Å²) in [6.45, 7) is 8.97. The van der Waals surface area contributed by atoms with Crippen molar-refractivity contribution in [2.24, 2.45) is 23.7 Å². The van der Waals surface area contributed by atoms with Crippen molar-refractivity contribution in [2.45, 2.75) is 96.6 Å². The van der Waals surface area contributed by atoms with Gasteiger partial charge in [-0.3, -0.25) is 9.59 Å². The minimum absolute atomic E-state index is 0.0192. The van der Waals surface area contributed by atoms with Crippen LogP contribution in [0.5, 0.6) is 5.75 Å². The van der Waals surface area contributed by atoms with Gasteiger partial charge in [0.2, 0.25) is 0 Å². The van der Waals surface area contributed by atoms with Crippen LogP contribution in [0.25, 0.3) is 0 Å². The van der Waals surface area contributed by atoms with E-state index in [9.17, 15) is 9.59 Å². The number of hydrogen-bond acceptors (Lipinski definition) is 5. The van der Waals surface area contributed by atoms with Crippen molar-refractivity contribution in [3.05, 3.63) is 90.5 Å². The van der Waals surface area contributed by atoms with Gasteiger partial charge in [0.1, 0.15) is 17.3 Å². The smallest absolute Gasteiger partial charge is 0.261 e. The first-order valence-corrected chi connectivity index (χ1v) is 20.1. The molecule has 48 heavy (non-hydrogen) atoms. The van der Waals surface area contributed by atoms with Crippen molar-refractivity contribution < 1.29 is 23.5 Å². The van der Waals surface area contributed by atoms with E-state index < -0.39 is 8.32 Å². The molecular formula is C42H56O5Si. The third-order valence-electron chi connectivity index (χ3n) is 10.9. The van der Waals surface area contributed by atoms with Gasteiger partial charge in [-0.1, -0.05) is 119 Å². The number of unbranched alkanes of at least 4 members (excludes halogenated alkanes) is 3. The quantitative estimate of drug-likeness (QED) is 0.114. The predicted molar refractivity (Wildman–Crippen MR) is 196 cm³/mol. The van der Waals surface area contributed by atoms with Crippen LogP contribution in [-0.2, 0) is 25.4 Å². The normalized spacial score (nSPS) is 21.6. The Hall–Kier alpha value is -3.06. The summed E-state index contributed by atoms with van der Waals surface area (Å²) >= 11 is 0. The molecule has 3 aromatic carbocycles. The second-order valence-corrected chi connectivity index (χ2v) is 19.4. The summed E-state index contributed by atoms with van der Waals surface area (Å²) in [4.78, 5) is 26.4. The molecule has 4 atom stereocenters. The van der Waals surface area contributed by atoms with Crippen molar-refractivity contribution in [3.8, 4) is 5.75 Å². The highest BCUT2D eigenvalue weighted by Crippen LogP contribution is 2.46. The van der Waals surface area contributed by atoms with Gasteiger partial charge in [-0.25, -0.2) is 0 Å². The summed E-state index contributed by atoms with van der Waals surface area (Å²) < 4.78 is 18.5. The Morgan fingerprint density at radius 1 is 0.771 bits per heavy atom. The third-order valence-corrected chi connectivity index (χ3v) is 16.0. The lowest BCUT2D eigenvalue weighted by atomic mass is 9.64. The number of benzene rings is 3. The van der Waals surface area contributed by atoms with Crippen LogP contribution in [-0.4, -0.2) is 40.2 Å². The van der Waals surface area contributed by atoms with Gasteiger partial charge in [-0.2, -0.15) is 0 Å². The summed E-state index contributed by atoms with van der Waals surface area (Å²) in [6, 6.07) is 29.7. The molecule has 0 aliphatic heterocycles. The first-order valence-electron chi connectivity index (χ1n) is 18.2. The molecule has 2 fully saturated rings. The maximum Gasteiger partial charge on any atom is 0.261 e. The molecule has 2 bridgehead atoms. The van der Waals surface area contributed by atoms with Crippen LogP contribution in [0, 0.1) is 23.7 Å². The van der Waals surface area contributed by atoms with Crippen LogP contribution in [0.2, 0.25) is 5.04 Å². The fourth-order valence-electron chi connectivity index (χ4n) is 8.49. The van der Waals surface area contributed by atoms with Gasteiger partial charge < -0.3 is 13.9 Å². The van der Waals surface area contributed by atoms with Crippen LogP contribution in [0.1, 0.15) is 90.5 Å². The monoisotopic (exact) mass is 668 g/mol. The largest absolute Gasteiger partial charge is 0.497 e. The second kappa shape index (κ2) is 17.0. The molecule has 0 amide bonds. The van der Waals surface area contributed by atoms with Gasteiger partial charge in [-0.15, -0.1) is 0 Å². The van der Waals surface area contributed by atoms with Crippen LogP contribution < -0.4 is 15.1 Å². The molecule has 0 spiro atoms. The topological polar surface area (TPSA) is 61.8 Å². The van der Waals surface area contributed by atoms with Gasteiger partial charge in [0, 0.05) is 37.9 Å². The van der Waals surface area contributed by atoms with E-state index in [-0.39, 0.29) is 28.6 Å². The van der Waals surface area contributed by atoms with Gasteiger partial charge in [0.25, 0.3) is 8.32 Å². The van der Waals surface area contributed by atoms with Crippen molar-refractivity contribution in [1.82, 2.24) is 0 Å². The zero-order chi connectivity index (χ0) is 34.0. The lowest BCUT2D eigenvalue weighted by molar-refractivity contribution is -0.135. The van der Waals surface area contributed by atoms with Gasteiger partial charge in [0.05, 0.1) is 13.7 Å². The number of ketones is 2. The molecule has 3 aromatic rings. The van der Waals surface area contributed by atoms with E-state index in [0.29, 0.717) is 44.2 Å². The first-order chi connectivity index (χ1) is 23.2. The number of hydrogen-bond donors (Lipinski definition) is 0. The van der Waals surface area contributed by atoms with Crippen molar-refractivity contribution in [2.75, 3.05) is 20.3 Å². The van der Waals surface area contributed by atoms with E-state index in [1.807, 2.05) is 12.1 Å². The molecule has 0 heterocycles. The van der Waals surface area contributed by atoms with Crippen molar-refractivity contribution in [1.29, 1.82) is 0 Å². The minimum atomic E-state index is -2.66. The number of carbonyl (C=O) groups is 2. The molecule has 2 saturated carbocycles. The average Bonchev–Trinajstić information content (AvgIpc) is 3.18. The van der Waals surface area contributed by atoms with E-state index in [4.69, 9.17) is 13.9 Å². The first kappa shape index (κ1) is 36.2. The fraction of sp³-hybridized carbons (Fsp3) is 0.524. The molecule has 2 aliphatic rings. The Kier molecular flexibility index (Phi) is 12.9. The Morgan fingerprint density at radius 3 is 2.04 bits per heavy atom. The number of carbonyl (C=O) groups excluding carboxylic acids is 2. The maximum atomic E-state index is 13.7. The lowest BCUT2D eigenvalue weighted by Gasteiger charge is -2.44. The number of Topliss-reactive ketones (excluding diaryl/α,β-unsaturated/α-hetero) is 2. The SMILES string of the molecule is COc1ccc(COCCCCCCC2C[C@@H]3CC(=O)CC[C@@H](C3=O)[C@H]2CCO[Si](c2ccccc2)(c2ccccc2)C(C)(C)C)cc1. The molecule has 1 unspecified atom stereocenters. The zero-order valence-electron chi connectivity index (χ0n) is 29.6. The molecule has 0 radical (unpaired) electrons. The Labute approximate surface area is 289 Å². The van der Waals surface area contributed by atoms with Crippen molar-refractivity contribution in [3.63, 3.8) is 0 Å². The molecule has 2 aliphatic carbocycles. The zero-order valence-corrected chi connectivity index (χ0v) is 30.6. The van der Waals surface area contributed by atoms with Crippen LogP contribution in [0.4, 0.5) is 0 Å². The summed E-state index contributed by atoms with van der Waals surface area (Å²) in [5.41, 5.74) is 1.16. The summed E-state index contributed by atoms with van der Waals surface area (Å²) in [7, 11) is -0.975. The summed E-state index contributed by atoms with van der Waals surface area (Å²) in [5, 5.41) is 2.48. The Balaban J connectivity index is 1.21. The predicted octanol–water partition coefficient (Wildman–Crippen LogP) is 8.32. The standard InChI is InChI=1S/C42H56O5Si/c1-42(2,3)48(37-16-10-7-11-17-37,38-18-12-8-13-19-38)47-28-26-39-33(29-34-30-35(43)22-25-40(39)41(34)44)15-9-5-6-14-27-46-31-32-20-23-36(45-4)24-21-32/h7-8,10-13,16-21,23-24,33-34,39-40H,5-6,9,14-15,22,25-31H2,1-4H3/t33?,34-,39+,40-/m1/s1. The van der Waals surface area contributed by atoms with E-state index in [1.165, 1.54) is 10.4 Å². The van der Waals surface area contributed by atoms with Gasteiger partial charge >= 0.3 is 0 Å². The average molecular weight is 669 g/mol. The molecule has 5 rings (SSSR count). The molecule has 6 heteroatoms. The lowest BCUT2D eigenvalue weighted by Crippen LogP contribution is -2.66. The second-order valence-electron chi connectivity index (χ2n) is 15.1. The summed E-state index contributed by atoms with van der Waals surface area (Å²) in [5.74, 6) is 2.10. The number of rotatable bonds is 16. The highest BCUT2D eigenvalue weighted by Gasteiger charge is 2.51. The molecule has 0 aromatic heterocycles. The van der Waals surface area contributed by atoms with E-state index in [1.54, 1.807) is 7.11 Å². The highest BCUT2D eigenvalue weighted by atomic mass is 28.4. The third kappa shape index (κ3) is 8.74. The Morgan fingerprint density at radius 2 is 1.42 bits per heavy atom. The van der Waals surface area contributed by atoms with E-state index in [0.717, 1.165) is 62.9 Å². The molecule has 258 valence electrons. The van der Waals surface area contributed by atoms with Crippen LogP contribution in [0.15, 0.2) is 84.9 Å². The Bertz CT molecular complexity index is 1390. The van der Waals surface area contributed by atoms with E-state index >= 15 is 0 Å². The molecule has 5 nitrogen and oxygen atoms in total. The van der Waals surface area contributed by atoms with E-state index in [2.05, 4.69) is 93.6 Å². The fourth-order valence-corrected chi connectivity index (χ4v) is 13.1. The molecule has 0 N–H and O–H groups in total. The molecular weight excluding hydrogens is 613 g/mol. The highest BCUT2D eigenvalue weighted by molar-refractivity contribution is 6.99. The summed E-state index contributed by atoms with van der Waals surface area (Å²) in [6.07, 6.45) is 9.04. The van der Waals surface area contributed by atoms with Crippen LogP contribution >= 0.6 is 0 Å². The number of methoxy groups -OCH3 is 1. The van der Waals surface area contributed by atoms with Gasteiger partial charge in [-0.05, 0) is 70.6 Å². The van der Waals surface area contributed by atoms with Crippen molar-refractivity contribution >= 4 is 30.3 Å². The minimum Gasteiger partial charge on any atom is -0.497 e.